The quantitative estimate of drug-likeness (QED) is 0.692. The molecule has 0 radical (unpaired) electrons. The van der Waals surface area contributed by atoms with Gasteiger partial charge in [0.2, 0.25) is 5.91 Å². The predicted octanol–water partition coefficient (Wildman–Crippen LogP) is 1.71. The number of nitrogens with one attached hydrogen (secondary N) is 2. The first-order valence-electron chi connectivity index (χ1n) is 6.31. The summed E-state index contributed by atoms with van der Waals surface area (Å²) in [6.07, 6.45) is 6.38. The highest BCUT2D eigenvalue weighted by atomic mass is 16.3. The Morgan fingerprint density at radius 2 is 2.06 bits per heavy atom. The Morgan fingerprint density at radius 3 is 2.72 bits per heavy atom. The Balaban J connectivity index is 2.07. The molecule has 1 rings (SSSR count). The van der Waals surface area contributed by atoms with Gasteiger partial charge in [-0.05, 0) is 12.5 Å². The molecule has 0 saturated carbocycles. The highest BCUT2D eigenvalue weighted by molar-refractivity contribution is 5.93. The highest BCUT2D eigenvalue weighted by Crippen LogP contribution is 1.98. The summed E-state index contributed by atoms with van der Waals surface area (Å²) in [6, 6.07) is 1.58. The fraction of sp³-hybridized carbons (Fsp3) is 0.538. The Morgan fingerprint density at radius 1 is 1.22 bits per heavy atom. The molecule has 0 atom stereocenters. The number of unbranched alkanes of at least 4 members (excludes halogenated alkanes) is 2. The van der Waals surface area contributed by atoms with Crippen LogP contribution >= 0.6 is 0 Å². The molecule has 0 saturated heterocycles. The second kappa shape index (κ2) is 8.33. The second-order valence-electron chi connectivity index (χ2n) is 4.07. The minimum atomic E-state index is -0.220. The molecule has 1 heterocycles. The second-order valence-corrected chi connectivity index (χ2v) is 4.07. The summed E-state index contributed by atoms with van der Waals surface area (Å²) >= 11 is 0. The maximum atomic E-state index is 11.5. The van der Waals surface area contributed by atoms with Gasteiger partial charge in [-0.2, -0.15) is 0 Å². The van der Waals surface area contributed by atoms with Gasteiger partial charge >= 0.3 is 0 Å². The molecule has 5 heteroatoms. The summed E-state index contributed by atoms with van der Waals surface area (Å²) in [5, 5.41) is 5.47. The number of hydrogen-bond donors (Lipinski definition) is 2. The normalized spacial score (nSPS) is 10.1. The van der Waals surface area contributed by atoms with Crippen LogP contribution in [0, 0.1) is 0 Å². The molecule has 0 unspecified atom stereocenters. The van der Waals surface area contributed by atoms with E-state index in [-0.39, 0.29) is 11.8 Å². The standard InChI is InChI=1S/C13H20N2O3/c1-2-3-4-7-14-12(16)5-8-15-13(17)11-6-9-18-10-11/h6,9-10H,2-5,7-8H2,1H3,(H,14,16)(H,15,17). The molecular weight excluding hydrogens is 232 g/mol. The van der Waals surface area contributed by atoms with Gasteiger partial charge in [0.05, 0.1) is 11.8 Å². The molecule has 0 aromatic carbocycles. The van der Waals surface area contributed by atoms with E-state index in [1.807, 2.05) is 0 Å². The van der Waals surface area contributed by atoms with Crippen LogP contribution in [0.1, 0.15) is 43.0 Å². The molecule has 0 spiro atoms. The third kappa shape index (κ3) is 5.52. The molecule has 0 aliphatic heterocycles. The lowest BCUT2D eigenvalue weighted by Gasteiger charge is -2.05. The van der Waals surface area contributed by atoms with Crippen LogP contribution < -0.4 is 10.6 Å². The Bertz CT molecular complexity index is 360. The first-order chi connectivity index (χ1) is 8.74. The summed E-state index contributed by atoms with van der Waals surface area (Å²) in [4.78, 5) is 22.9. The van der Waals surface area contributed by atoms with Crippen molar-refractivity contribution in [3.05, 3.63) is 24.2 Å². The zero-order valence-electron chi connectivity index (χ0n) is 10.7. The van der Waals surface area contributed by atoms with Crippen LogP contribution in [0.2, 0.25) is 0 Å². The SMILES string of the molecule is CCCCCNC(=O)CCNC(=O)c1ccoc1. The zero-order chi connectivity index (χ0) is 13.2. The topological polar surface area (TPSA) is 71.3 Å². The van der Waals surface area contributed by atoms with Crippen molar-refractivity contribution in [2.75, 3.05) is 13.1 Å². The summed E-state index contributed by atoms with van der Waals surface area (Å²) in [5.41, 5.74) is 0.471. The van der Waals surface area contributed by atoms with Crippen LogP contribution in [0.25, 0.3) is 0 Å². The number of carbonyl (C=O) groups is 2. The van der Waals surface area contributed by atoms with Gasteiger partial charge in [0.25, 0.3) is 5.91 Å². The molecule has 1 aromatic heterocycles. The fourth-order valence-corrected chi connectivity index (χ4v) is 1.48. The maximum Gasteiger partial charge on any atom is 0.254 e. The van der Waals surface area contributed by atoms with Crippen molar-refractivity contribution < 1.29 is 14.0 Å². The molecule has 0 bridgehead atoms. The van der Waals surface area contributed by atoms with E-state index in [0.717, 1.165) is 19.3 Å². The van der Waals surface area contributed by atoms with Crippen molar-refractivity contribution in [2.24, 2.45) is 0 Å². The van der Waals surface area contributed by atoms with Crippen LogP contribution in [-0.2, 0) is 4.79 Å². The molecule has 2 amide bonds. The summed E-state index contributed by atoms with van der Waals surface area (Å²) < 4.78 is 4.80. The van der Waals surface area contributed by atoms with Crippen molar-refractivity contribution in [2.45, 2.75) is 32.6 Å². The monoisotopic (exact) mass is 252 g/mol. The highest BCUT2D eigenvalue weighted by Gasteiger charge is 2.07. The fourth-order valence-electron chi connectivity index (χ4n) is 1.48. The molecule has 0 aliphatic carbocycles. The summed E-state index contributed by atoms with van der Waals surface area (Å²) in [6.45, 7) is 3.17. The van der Waals surface area contributed by atoms with Gasteiger partial charge in [-0.15, -0.1) is 0 Å². The van der Waals surface area contributed by atoms with Crippen LogP contribution in [0.5, 0.6) is 0 Å². The van der Waals surface area contributed by atoms with Crippen molar-refractivity contribution in [1.82, 2.24) is 10.6 Å². The van der Waals surface area contributed by atoms with Crippen LogP contribution in [0.15, 0.2) is 23.0 Å². The van der Waals surface area contributed by atoms with E-state index in [1.165, 1.54) is 12.5 Å². The number of hydrogen-bond acceptors (Lipinski definition) is 3. The van der Waals surface area contributed by atoms with E-state index < -0.39 is 0 Å². The minimum Gasteiger partial charge on any atom is -0.472 e. The number of furan rings is 1. The lowest BCUT2D eigenvalue weighted by molar-refractivity contribution is -0.120. The van der Waals surface area contributed by atoms with Crippen LogP contribution in [0.4, 0.5) is 0 Å². The molecule has 5 nitrogen and oxygen atoms in total. The van der Waals surface area contributed by atoms with Gasteiger partial charge in [-0.25, -0.2) is 0 Å². The lowest BCUT2D eigenvalue weighted by atomic mass is 10.2. The third-order valence-electron chi connectivity index (χ3n) is 2.52. The zero-order valence-corrected chi connectivity index (χ0v) is 10.7. The third-order valence-corrected chi connectivity index (χ3v) is 2.52. The Hall–Kier alpha value is -1.78. The maximum absolute atomic E-state index is 11.5. The average Bonchev–Trinajstić information content (AvgIpc) is 2.88. The first kappa shape index (κ1) is 14.3. The van der Waals surface area contributed by atoms with Crippen molar-refractivity contribution in [3.63, 3.8) is 0 Å². The first-order valence-corrected chi connectivity index (χ1v) is 6.31. The predicted molar refractivity (Wildman–Crippen MR) is 68.2 cm³/mol. The molecule has 100 valence electrons. The van der Waals surface area contributed by atoms with Gasteiger partial charge in [-0.1, -0.05) is 19.8 Å². The molecule has 2 N–H and O–H groups in total. The van der Waals surface area contributed by atoms with E-state index in [9.17, 15) is 9.59 Å². The van der Waals surface area contributed by atoms with Gasteiger partial charge < -0.3 is 15.1 Å². The Kier molecular flexibility index (Phi) is 6.61. The average molecular weight is 252 g/mol. The van der Waals surface area contributed by atoms with E-state index in [0.29, 0.717) is 25.1 Å². The Labute approximate surface area is 107 Å². The molecular formula is C13H20N2O3. The van der Waals surface area contributed by atoms with Gasteiger partial charge in [0, 0.05) is 19.5 Å². The molecule has 1 aromatic rings. The van der Waals surface area contributed by atoms with E-state index in [4.69, 9.17) is 4.42 Å². The summed E-state index contributed by atoms with van der Waals surface area (Å²) in [7, 11) is 0. The van der Waals surface area contributed by atoms with Crippen molar-refractivity contribution in [1.29, 1.82) is 0 Å². The molecule has 0 fully saturated rings. The van der Waals surface area contributed by atoms with E-state index in [2.05, 4.69) is 17.6 Å². The number of rotatable bonds is 8. The van der Waals surface area contributed by atoms with Crippen molar-refractivity contribution >= 4 is 11.8 Å². The lowest BCUT2D eigenvalue weighted by Crippen LogP contribution is -2.31. The van der Waals surface area contributed by atoms with Crippen LogP contribution in [0.3, 0.4) is 0 Å². The van der Waals surface area contributed by atoms with Gasteiger partial charge in [0.15, 0.2) is 0 Å². The minimum absolute atomic E-state index is 0.0291. The number of amides is 2. The summed E-state index contributed by atoms with van der Waals surface area (Å²) in [5.74, 6) is -0.249. The van der Waals surface area contributed by atoms with Crippen LogP contribution in [-0.4, -0.2) is 24.9 Å². The van der Waals surface area contributed by atoms with E-state index in [1.54, 1.807) is 6.07 Å². The molecule has 0 aliphatic rings. The molecule has 18 heavy (non-hydrogen) atoms. The van der Waals surface area contributed by atoms with Gasteiger partial charge in [0.1, 0.15) is 6.26 Å². The van der Waals surface area contributed by atoms with E-state index >= 15 is 0 Å². The number of carbonyl (C=O) groups excluding carboxylic acids is 2. The van der Waals surface area contributed by atoms with Crippen molar-refractivity contribution in [3.8, 4) is 0 Å². The van der Waals surface area contributed by atoms with Gasteiger partial charge in [-0.3, -0.25) is 9.59 Å². The largest absolute Gasteiger partial charge is 0.472 e. The smallest absolute Gasteiger partial charge is 0.254 e.